The molecule has 0 bridgehead atoms. The van der Waals surface area contributed by atoms with E-state index in [0.717, 1.165) is 11.4 Å². The summed E-state index contributed by atoms with van der Waals surface area (Å²) in [7, 11) is 0. The maximum atomic E-state index is 13.1. The Hall–Kier alpha value is -3.84. The molecule has 1 aliphatic rings. The van der Waals surface area contributed by atoms with Crippen LogP contribution in [-0.4, -0.2) is 56.6 Å². The molecular weight excluding hydrogens is 492 g/mol. The summed E-state index contributed by atoms with van der Waals surface area (Å²) in [5, 5.41) is 2.16. The van der Waals surface area contributed by atoms with E-state index in [0.29, 0.717) is 36.9 Å². The maximum absolute atomic E-state index is 13.1. The number of rotatable bonds is 3. The Bertz CT molecular complexity index is 1230. The molecule has 2 amide bonds. The van der Waals surface area contributed by atoms with Gasteiger partial charge in [0, 0.05) is 43.6 Å². The topological polar surface area (TPSA) is 79.2 Å². The summed E-state index contributed by atoms with van der Waals surface area (Å²) >= 11 is 0. The number of piperazine rings is 1. The van der Waals surface area contributed by atoms with E-state index < -0.39 is 35.2 Å². The molecule has 3 aromatic rings. The van der Waals surface area contributed by atoms with Crippen LogP contribution < -0.4 is 10.2 Å². The molecule has 1 aliphatic heterocycles. The summed E-state index contributed by atoms with van der Waals surface area (Å²) in [5.41, 5.74) is -1.81. The van der Waals surface area contributed by atoms with E-state index in [9.17, 15) is 31.1 Å². The van der Waals surface area contributed by atoms with Gasteiger partial charge in [0.05, 0.1) is 16.8 Å². The number of carbonyl (C=O) groups is 1. The molecule has 1 N–H and O–H groups in total. The summed E-state index contributed by atoms with van der Waals surface area (Å²) in [5.74, 6) is 1.22. The highest BCUT2D eigenvalue weighted by Crippen LogP contribution is 2.37. The Labute approximate surface area is 201 Å². The van der Waals surface area contributed by atoms with Gasteiger partial charge in [0.2, 0.25) is 0 Å². The lowest BCUT2D eigenvalue weighted by Crippen LogP contribution is -2.50. The highest BCUT2D eigenvalue weighted by molar-refractivity contribution is 5.89. The number of nitrogens with zero attached hydrogens (tertiary/aromatic N) is 6. The lowest BCUT2D eigenvalue weighted by atomic mass is 10.1. The van der Waals surface area contributed by atoms with Crippen LogP contribution in [0, 0.1) is 13.8 Å². The lowest BCUT2D eigenvalue weighted by molar-refractivity contribution is -0.143. The van der Waals surface area contributed by atoms with Crippen LogP contribution in [0.25, 0.3) is 5.82 Å². The summed E-state index contributed by atoms with van der Waals surface area (Å²) in [6.45, 7) is 4.84. The fourth-order valence-electron chi connectivity index (χ4n) is 3.74. The number of aromatic nitrogens is 4. The summed E-state index contributed by atoms with van der Waals surface area (Å²) < 4.78 is 80.3. The van der Waals surface area contributed by atoms with Gasteiger partial charge >= 0.3 is 18.4 Å². The van der Waals surface area contributed by atoms with Gasteiger partial charge in [-0.3, -0.25) is 4.57 Å². The molecular formula is C22H21F6N7O. The largest absolute Gasteiger partial charge is 0.416 e. The number of urea groups is 1. The van der Waals surface area contributed by atoms with E-state index in [1.807, 2.05) is 23.3 Å². The van der Waals surface area contributed by atoms with Gasteiger partial charge in [0.25, 0.3) is 0 Å². The minimum Gasteiger partial charge on any atom is -0.353 e. The minimum atomic E-state index is -5.00. The van der Waals surface area contributed by atoms with Crippen LogP contribution in [0.3, 0.4) is 0 Å². The molecule has 4 rings (SSSR count). The number of hydrogen-bond donors (Lipinski definition) is 1. The number of aryl methyl sites for hydroxylation is 1. The van der Waals surface area contributed by atoms with Crippen LogP contribution in [0.4, 0.5) is 42.6 Å². The summed E-state index contributed by atoms with van der Waals surface area (Å²) in [6.07, 6.45) is -6.95. The minimum absolute atomic E-state index is 0.0109. The lowest BCUT2D eigenvalue weighted by Gasteiger charge is -2.35. The van der Waals surface area contributed by atoms with Gasteiger partial charge in [-0.05, 0) is 32.0 Å². The zero-order valence-corrected chi connectivity index (χ0v) is 19.2. The van der Waals surface area contributed by atoms with Gasteiger partial charge in [-0.1, -0.05) is 0 Å². The van der Waals surface area contributed by atoms with E-state index >= 15 is 0 Å². The third-order valence-corrected chi connectivity index (χ3v) is 5.87. The maximum Gasteiger partial charge on any atom is 0.416 e. The van der Waals surface area contributed by atoms with Crippen molar-refractivity contribution in [2.75, 3.05) is 36.4 Å². The number of carbonyl (C=O) groups excluding carboxylic acids is 1. The highest BCUT2D eigenvalue weighted by Gasteiger charge is 2.37. The summed E-state index contributed by atoms with van der Waals surface area (Å²) in [4.78, 5) is 28.6. The van der Waals surface area contributed by atoms with Crippen LogP contribution in [0.5, 0.6) is 0 Å². The summed E-state index contributed by atoms with van der Waals surface area (Å²) in [6, 6.07) is 1.94. The fourth-order valence-corrected chi connectivity index (χ4v) is 3.74. The van der Waals surface area contributed by atoms with E-state index in [1.165, 1.54) is 11.2 Å². The predicted octanol–water partition coefficient (Wildman–Crippen LogP) is 4.67. The van der Waals surface area contributed by atoms with Crippen molar-refractivity contribution in [2.24, 2.45) is 0 Å². The third-order valence-electron chi connectivity index (χ3n) is 5.87. The second-order valence-electron chi connectivity index (χ2n) is 8.22. The van der Waals surface area contributed by atoms with Crippen molar-refractivity contribution in [1.29, 1.82) is 0 Å². The van der Waals surface area contributed by atoms with Crippen molar-refractivity contribution >= 4 is 17.5 Å². The molecule has 0 atom stereocenters. The fraction of sp³-hybridized carbons (Fsp3) is 0.364. The van der Waals surface area contributed by atoms with E-state index in [4.69, 9.17) is 0 Å². The van der Waals surface area contributed by atoms with E-state index in [1.54, 1.807) is 12.4 Å². The molecule has 1 aromatic carbocycles. The predicted molar refractivity (Wildman–Crippen MR) is 118 cm³/mol. The van der Waals surface area contributed by atoms with Crippen molar-refractivity contribution in [2.45, 2.75) is 26.2 Å². The highest BCUT2D eigenvalue weighted by atomic mass is 19.4. The van der Waals surface area contributed by atoms with E-state index in [2.05, 4.69) is 20.3 Å². The average Bonchev–Trinajstić information content (AvgIpc) is 3.16. The zero-order chi connectivity index (χ0) is 26.3. The first-order valence-corrected chi connectivity index (χ1v) is 10.8. The number of hydrogen-bond acceptors (Lipinski definition) is 5. The molecule has 36 heavy (non-hydrogen) atoms. The van der Waals surface area contributed by atoms with Crippen molar-refractivity contribution in [3.63, 3.8) is 0 Å². The number of nitrogens with one attached hydrogen (secondary N) is 1. The molecule has 0 spiro atoms. The molecule has 8 nitrogen and oxygen atoms in total. The number of alkyl halides is 6. The quantitative estimate of drug-likeness (QED) is 0.515. The molecule has 0 radical (unpaired) electrons. The van der Waals surface area contributed by atoms with Gasteiger partial charge in [0.1, 0.15) is 24.3 Å². The van der Waals surface area contributed by atoms with Crippen LogP contribution in [0.15, 0.2) is 36.9 Å². The third kappa shape index (κ3) is 5.36. The Kier molecular flexibility index (Phi) is 6.54. The normalized spacial score (nSPS) is 14.8. The van der Waals surface area contributed by atoms with E-state index in [-0.39, 0.29) is 19.2 Å². The first-order valence-electron chi connectivity index (χ1n) is 10.8. The Morgan fingerprint density at radius 3 is 1.94 bits per heavy atom. The molecule has 14 heteroatoms. The molecule has 0 aliphatic carbocycles. The molecule has 1 fully saturated rings. The number of imidazole rings is 1. The van der Waals surface area contributed by atoms with Gasteiger partial charge in [-0.25, -0.2) is 19.7 Å². The van der Waals surface area contributed by atoms with Crippen molar-refractivity contribution in [3.8, 4) is 5.82 Å². The van der Waals surface area contributed by atoms with Crippen molar-refractivity contribution < 1.29 is 31.1 Å². The van der Waals surface area contributed by atoms with Gasteiger partial charge in [-0.15, -0.1) is 0 Å². The van der Waals surface area contributed by atoms with Crippen LogP contribution in [0.2, 0.25) is 0 Å². The van der Waals surface area contributed by atoms with Crippen LogP contribution in [0.1, 0.15) is 22.5 Å². The first-order chi connectivity index (χ1) is 16.8. The molecule has 3 heterocycles. The zero-order valence-electron chi connectivity index (χ0n) is 19.2. The van der Waals surface area contributed by atoms with Crippen molar-refractivity contribution in [1.82, 2.24) is 24.4 Å². The Balaban J connectivity index is 1.44. The molecule has 0 saturated carbocycles. The number of anilines is 2. The van der Waals surface area contributed by atoms with Gasteiger partial charge in [-0.2, -0.15) is 26.3 Å². The molecule has 2 aromatic heterocycles. The molecule has 192 valence electrons. The Morgan fingerprint density at radius 1 is 0.833 bits per heavy atom. The van der Waals surface area contributed by atoms with Crippen LogP contribution >= 0.6 is 0 Å². The number of amides is 2. The van der Waals surface area contributed by atoms with Gasteiger partial charge in [0.15, 0.2) is 0 Å². The second kappa shape index (κ2) is 9.32. The van der Waals surface area contributed by atoms with Crippen LogP contribution in [-0.2, 0) is 12.4 Å². The van der Waals surface area contributed by atoms with Crippen molar-refractivity contribution in [3.05, 3.63) is 59.4 Å². The SMILES string of the molecule is Cc1ncn(-c2cc(N3CCN(C(=O)Nc4cc(C(F)(F)F)cc(C(F)(F)F)c4)CC3)ncn2)c1C. The smallest absolute Gasteiger partial charge is 0.353 e. The Morgan fingerprint density at radius 2 is 1.42 bits per heavy atom. The molecule has 1 saturated heterocycles. The standard InChI is InChI=1S/C22H21F6N7O/c1-13-14(2)35(12-31-13)19-10-18(29-11-30-19)33-3-5-34(6-4-33)20(36)32-17-8-15(21(23,24)25)7-16(9-17)22(26,27)28/h7-12H,3-6H2,1-2H3,(H,32,36). The number of benzene rings is 1. The second-order valence-corrected chi connectivity index (χ2v) is 8.22. The first kappa shape index (κ1) is 25.3. The number of halogens is 6. The molecule has 0 unspecified atom stereocenters. The van der Waals surface area contributed by atoms with Gasteiger partial charge < -0.3 is 15.1 Å². The average molecular weight is 513 g/mol. The monoisotopic (exact) mass is 513 g/mol.